The molecule has 1 heterocycles. The van der Waals surface area contributed by atoms with Gasteiger partial charge in [-0.05, 0) is 48.7 Å². The van der Waals surface area contributed by atoms with Crippen molar-refractivity contribution in [1.82, 2.24) is 5.16 Å². The van der Waals surface area contributed by atoms with E-state index in [9.17, 15) is 14.0 Å². The van der Waals surface area contributed by atoms with Gasteiger partial charge in [0.2, 0.25) is 0 Å². The number of halogens is 2. The zero-order valence-corrected chi connectivity index (χ0v) is 20.3. The summed E-state index contributed by atoms with van der Waals surface area (Å²) in [6, 6.07) is 18.5. The van der Waals surface area contributed by atoms with Crippen LogP contribution in [-0.4, -0.2) is 28.9 Å². The molecule has 1 aromatic heterocycles. The summed E-state index contributed by atoms with van der Waals surface area (Å²) in [6.07, 6.45) is -0.831. The van der Waals surface area contributed by atoms with Crippen LogP contribution in [0.4, 0.5) is 20.6 Å². The van der Waals surface area contributed by atoms with Crippen molar-refractivity contribution in [3.63, 3.8) is 0 Å². The van der Waals surface area contributed by atoms with Gasteiger partial charge < -0.3 is 14.4 Å². The van der Waals surface area contributed by atoms with Gasteiger partial charge in [0, 0.05) is 10.6 Å². The summed E-state index contributed by atoms with van der Waals surface area (Å²) < 4.78 is 25.7. The van der Waals surface area contributed by atoms with Crippen LogP contribution in [0, 0.1) is 12.7 Å². The van der Waals surface area contributed by atoms with E-state index >= 15 is 0 Å². The topological polar surface area (TPSA) is 92.9 Å². The summed E-state index contributed by atoms with van der Waals surface area (Å²) in [5, 5.41) is 13.2. The molecule has 0 saturated carbocycles. The second-order valence-corrected chi connectivity index (χ2v) is 8.36. The number of hydrogen-bond donors (Lipinski definition) is 1. The molecule has 0 bridgehead atoms. The second-order valence-electron chi connectivity index (χ2n) is 7.92. The van der Waals surface area contributed by atoms with Crippen LogP contribution in [0.3, 0.4) is 0 Å². The first-order valence-electron chi connectivity index (χ1n) is 11.1. The maximum atomic E-state index is 14.9. The Balaban J connectivity index is 1.72. The van der Waals surface area contributed by atoms with E-state index in [1.54, 1.807) is 38.1 Å². The molecule has 36 heavy (non-hydrogen) atoms. The average Bonchev–Trinajstić information content (AvgIpc) is 3.22. The minimum Gasteiger partial charge on any atom is -0.481 e. The Morgan fingerprint density at radius 3 is 2.22 bits per heavy atom. The molecule has 1 N–H and O–H groups in total. The van der Waals surface area contributed by atoms with Gasteiger partial charge >= 0.3 is 12.1 Å². The van der Waals surface area contributed by atoms with E-state index in [-0.39, 0.29) is 35.2 Å². The molecule has 0 aliphatic carbocycles. The average molecular weight is 509 g/mol. The fourth-order valence-corrected chi connectivity index (χ4v) is 3.94. The Labute approximate surface area is 211 Å². The standard InChI is InChI=1S/C27H22ClFN2O5/c1-3-35-27(34)31(23-13-12-21(28)15-22(23)29)25-16(2)30-36-26(25)20-10-8-19(9-11-20)18-6-4-17(5-7-18)14-24(32)33/h4-13,15H,3,14H2,1-2H3,(H,32,33). The minimum atomic E-state index is -0.888. The maximum absolute atomic E-state index is 14.9. The Morgan fingerprint density at radius 1 is 1.03 bits per heavy atom. The molecule has 0 aliphatic heterocycles. The highest BCUT2D eigenvalue weighted by Crippen LogP contribution is 2.40. The van der Waals surface area contributed by atoms with Gasteiger partial charge in [-0.25, -0.2) is 14.1 Å². The van der Waals surface area contributed by atoms with Gasteiger partial charge in [0.1, 0.15) is 17.2 Å². The van der Waals surface area contributed by atoms with Crippen molar-refractivity contribution in [2.24, 2.45) is 0 Å². The first-order valence-corrected chi connectivity index (χ1v) is 11.5. The number of benzene rings is 3. The number of ether oxygens (including phenoxy) is 1. The van der Waals surface area contributed by atoms with E-state index in [1.165, 1.54) is 12.1 Å². The van der Waals surface area contributed by atoms with Crippen molar-refractivity contribution in [3.8, 4) is 22.5 Å². The molecular formula is C27H22ClFN2O5. The Hall–Kier alpha value is -4.17. The lowest BCUT2D eigenvalue weighted by molar-refractivity contribution is -0.136. The molecule has 0 spiro atoms. The van der Waals surface area contributed by atoms with E-state index in [4.69, 9.17) is 26.0 Å². The molecule has 4 aromatic rings. The lowest BCUT2D eigenvalue weighted by atomic mass is 10.0. The van der Waals surface area contributed by atoms with Crippen molar-refractivity contribution >= 4 is 35.0 Å². The number of carboxylic acid groups (broad SMARTS) is 1. The van der Waals surface area contributed by atoms with Crippen molar-refractivity contribution in [2.45, 2.75) is 20.3 Å². The van der Waals surface area contributed by atoms with Crippen molar-refractivity contribution in [1.29, 1.82) is 0 Å². The molecule has 0 atom stereocenters. The van der Waals surface area contributed by atoms with E-state index in [1.807, 2.05) is 24.3 Å². The van der Waals surface area contributed by atoms with Crippen LogP contribution < -0.4 is 4.90 Å². The highest BCUT2D eigenvalue weighted by atomic mass is 35.5. The number of carbonyl (C=O) groups excluding carboxylic acids is 1. The number of aliphatic carboxylic acids is 1. The van der Waals surface area contributed by atoms with Crippen molar-refractivity contribution in [2.75, 3.05) is 11.5 Å². The van der Waals surface area contributed by atoms with Gasteiger partial charge in [0.15, 0.2) is 5.76 Å². The van der Waals surface area contributed by atoms with Crippen LogP contribution in [0.5, 0.6) is 0 Å². The number of carboxylic acids is 1. The fourth-order valence-electron chi connectivity index (χ4n) is 3.78. The lowest BCUT2D eigenvalue weighted by Crippen LogP contribution is -2.28. The number of amides is 1. The van der Waals surface area contributed by atoms with Crippen molar-refractivity contribution in [3.05, 3.63) is 88.8 Å². The predicted octanol–water partition coefficient (Wildman–Crippen LogP) is 7.03. The SMILES string of the molecule is CCOC(=O)N(c1ccc(Cl)cc1F)c1c(C)noc1-c1ccc(-c2ccc(CC(=O)O)cc2)cc1. The number of anilines is 2. The Morgan fingerprint density at radius 2 is 1.64 bits per heavy atom. The van der Waals surface area contributed by atoms with Crippen molar-refractivity contribution < 1.29 is 28.3 Å². The summed E-state index contributed by atoms with van der Waals surface area (Å²) in [5.74, 6) is -1.33. The quantitative estimate of drug-likeness (QED) is 0.288. The first kappa shape index (κ1) is 24.9. The predicted molar refractivity (Wildman–Crippen MR) is 134 cm³/mol. The highest BCUT2D eigenvalue weighted by Gasteiger charge is 2.30. The molecular weight excluding hydrogens is 487 g/mol. The molecule has 0 saturated heterocycles. The minimum absolute atomic E-state index is 0.0436. The Kier molecular flexibility index (Phi) is 7.36. The molecule has 3 aromatic carbocycles. The highest BCUT2D eigenvalue weighted by molar-refractivity contribution is 6.30. The van der Waals surface area contributed by atoms with Gasteiger partial charge in [-0.2, -0.15) is 0 Å². The summed E-state index contributed by atoms with van der Waals surface area (Å²) in [4.78, 5) is 24.9. The van der Waals surface area contributed by atoms with Crippen LogP contribution in [0.2, 0.25) is 5.02 Å². The summed E-state index contributed by atoms with van der Waals surface area (Å²) >= 11 is 5.91. The third-order valence-corrected chi connectivity index (χ3v) is 5.68. The number of aromatic nitrogens is 1. The van der Waals surface area contributed by atoms with Crippen LogP contribution in [0.25, 0.3) is 22.5 Å². The number of carbonyl (C=O) groups is 2. The molecule has 0 radical (unpaired) electrons. The monoisotopic (exact) mass is 508 g/mol. The number of rotatable bonds is 7. The molecule has 4 rings (SSSR count). The Bertz CT molecular complexity index is 1400. The van der Waals surface area contributed by atoms with Crippen LogP contribution in [0.1, 0.15) is 18.2 Å². The molecule has 0 unspecified atom stereocenters. The number of hydrogen-bond acceptors (Lipinski definition) is 5. The molecule has 7 nitrogen and oxygen atoms in total. The normalized spacial score (nSPS) is 10.8. The second kappa shape index (κ2) is 10.6. The zero-order chi connectivity index (χ0) is 25.8. The number of aryl methyl sites for hydroxylation is 1. The van der Waals surface area contributed by atoms with Gasteiger partial charge in [0.25, 0.3) is 0 Å². The van der Waals surface area contributed by atoms with E-state index in [0.29, 0.717) is 16.8 Å². The van der Waals surface area contributed by atoms with Crippen LogP contribution in [0.15, 0.2) is 71.3 Å². The van der Waals surface area contributed by atoms with Crippen LogP contribution >= 0.6 is 11.6 Å². The first-order chi connectivity index (χ1) is 17.3. The molecule has 0 aliphatic rings. The smallest absolute Gasteiger partial charge is 0.419 e. The molecule has 9 heteroatoms. The van der Waals surface area contributed by atoms with Gasteiger partial charge in [-0.15, -0.1) is 0 Å². The maximum Gasteiger partial charge on any atom is 0.419 e. The molecule has 1 amide bonds. The van der Waals surface area contributed by atoms with Gasteiger partial charge in [0.05, 0.1) is 18.7 Å². The van der Waals surface area contributed by atoms with Gasteiger partial charge in [-0.3, -0.25) is 4.79 Å². The van der Waals surface area contributed by atoms with Crippen LogP contribution in [-0.2, 0) is 16.0 Å². The van der Waals surface area contributed by atoms with E-state index in [0.717, 1.165) is 22.1 Å². The summed E-state index contributed by atoms with van der Waals surface area (Å²) in [6.45, 7) is 3.39. The van der Waals surface area contributed by atoms with E-state index in [2.05, 4.69) is 5.16 Å². The lowest BCUT2D eigenvalue weighted by Gasteiger charge is -2.22. The van der Waals surface area contributed by atoms with E-state index < -0.39 is 17.9 Å². The molecule has 184 valence electrons. The largest absolute Gasteiger partial charge is 0.481 e. The summed E-state index contributed by atoms with van der Waals surface area (Å²) in [7, 11) is 0. The molecule has 0 fully saturated rings. The fraction of sp³-hybridized carbons (Fsp3) is 0.148. The number of nitrogens with zero attached hydrogens (tertiary/aromatic N) is 2. The van der Waals surface area contributed by atoms with Gasteiger partial charge in [-0.1, -0.05) is 65.3 Å². The third kappa shape index (κ3) is 5.23. The summed E-state index contributed by atoms with van der Waals surface area (Å²) in [5.41, 5.74) is 3.68. The zero-order valence-electron chi connectivity index (χ0n) is 19.5. The third-order valence-electron chi connectivity index (χ3n) is 5.45.